The van der Waals surface area contributed by atoms with Gasteiger partial charge in [0.1, 0.15) is 6.61 Å². The van der Waals surface area contributed by atoms with Crippen LogP contribution >= 0.6 is 12.4 Å². The Hall–Kier alpha value is -0.840. The van der Waals surface area contributed by atoms with Crippen molar-refractivity contribution in [2.24, 2.45) is 0 Å². The van der Waals surface area contributed by atoms with E-state index in [1.54, 1.807) is 12.3 Å². The summed E-state index contributed by atoms with van der Waals surface area (Å²) in [6.45, 7) is 2.02. The van der Waals surface area contributed by atoms with Crippen LogP contribution in [0.15, 0.2) is 18.3 Å². The molecule has 1 aliphatic heterocycles. The standard InChI is InChI=1S/C10H14N2O2.ClH/c13-10(9-2-1-4-12-9)7-14-8-3-5-11-6-8;/h1-2,4,8,11-12H,3,5-7H2;1H/t8-;/m1./s1. The number of hydrogen-bond acceptors (Lipinski definition) is 3. The maximum absolute atomic E-state index is 11.5. The topological polar surface area (TPSA) is 54.1 Å². The van der Waals surface area contributed by atoms with E-state index in [-0.39, 0.29) is 30.9 Å². The van der Waals surface area contributed by atoms with Gasteiger partial charge < -0.3 is 15.0 Å². The Bertz CT molecular complexity index is 294. The molecule has 5 heteroatoms. The van der Waals surface area contributed by atoms with E-state index in [1.807, 2.05) is 6.07 Å². The predicted molar refractivity (Wildman–Crippen MR) is 59.6 cm³/mol. The van der Waals surface area contributed by atoms with E-state index >= 15 is 0 Å². The highest BCUT2D eigenvalue weighted by molar-refractivity contribution is 5.95. The maximum atomic E-state index is 11.5. The number of rotatable bonds is 4. The Morgan fingerprint density at radius 1 is 1.60 bits per heavy atom. The van der Waals surface area contributed by atoms with Crippen LogP contribution in [0.2, 0.25) is 0 Å². The zero-order valence-electron chi connectivity index (χ0n) is 8.36. The molecule has 2 N–H and O–H groups in total. The number of carbonyl (C=O) groups is 1. The third kappa shape index (κ3) is 3.34. The average Bonchev–Trinajstić information content (AvgIpc) is 2.87. The van der Waals surface area contributed by atoms with E-state index in [1.165, 1.54) is 0 Å². The minimum absolute atomic E-state index is 0. The van der Waals surface area contributed by atoms with Gasteiger partial charge in [0.25, 0.3) is 0 Å². The van der Waals surface area contributed by atoms with Gasteiger partial charge in [0.2, 0.25) is 5.78 Å². The average molecular weight is 231 g/mol. The number of Topliss-reactive ketones (excluding diaryl/α,β-unsaturated/α-hetero) is 1. The van der Waals surface area contributed by atoms with Crippen LogP contribution in [0, 0.1) is 0 Å². The van der Waals surface area contributed by atoms with Gasteiger partial charge in [0.05, 0.1) is 11.8 Å². The first-order chi connectivity index (χ1) is 6.86. The van der Waals surface area contributed by atoms with Gasteiger partial charge in [0, 0.05) is 12.7 Å². The van der Waals surface area contributed by atoms with E-state index in [2.05, 4.69) is 10.3 Å². The van der Waals surface area contributed by atoms with Crippen molar-refractivity contribution in [1.82, 2.24) is 10.3 Å². The van der Waals surface area contributed by atoms with Gasteiger partial charge in [-0.15, -0.1) is 12.4 Å². The minimum atomic E-state index is 0. The smallest absolute Gasteiger partial charge is 0.204 e. The first-order valence-corrected chi connectivity index (χ1v) is 4.85. The Morgan fingerprint density at radius 2 is 2.47 bits per heavy atom. The van der Waals surface area contributed by atoms with Crippen molar-refractivity contribution >= 4 is 18.2 Å². The summed E-state index contributed by atoms with van der Waals surface area (Å²) in [5.74, 6) is 0.0156. The Balaban J connectivity index is 0.00000112. The number of ketones is 1. The highest BCUT2D eigenvalue weighted by Crippen LogP contribution is 2.04. The highest BCUT2D eigenvalue weighted by Gasteiger charge is 2.16. The van der Waals surface area contributed by atoms with Crippen LogP contribution in [0.1, 0.15) is 16.9 Å². The molecule has 1 fully saturated rings. The summed E-state index contributed by atoms with van der Waals surface area (Å²) in [5, 5.41) is 3.19. The summed E-state index contributed by atoms with van der Waals surface area (Å²) < 4.78 is 5.46. The molecule has 2 rings (SSSR count). The highest BCUT2D eigenvalue weighted by atomic mass is 35.5. The Morgan fingerprint density at radius 3 is 3.07 bits per heavy atom. The molecule has 2 heterocycles. The number of aromatic amines is 1. The fourth-order valence-electron chi connectivity index (χ4n) is 1.55. The number of carbonyl (C=O) groups excluding carboxylic acids is 1. The largest absolute Gasteiger partial charge is 0.369 e. The van der Waals surface area contributed by atoms with Gasteiger partial charge in [-0.05, 0) is 25.1 Å². The lowest BCUT2D eigenvalue weighted by molar-refractivity contribution is 0.0526. The summed E-state index contributed by atoms with van der Waals surface area (Å²) >= 11 is 0. The van der Waals surface area contributed by atoms with Gasteiger partial charge in [-0.2, -0.15) is 0 Å². The number of ether oxygens (including phenoxy) is 1. The number of halogens is 1. The molecule has 1 saturated heterocycles. The first kappa shape index (κ1) is 12.2. The third-order valence-corrected chi connectivity index (χ3v) is 2.36. The fourth-order valence-corrected chi connectivity index (χ4v) is 1.55. The molecule has 84 valence electrons. The molecule has 1 atom stereocenters. The minimum Gasteiger partial charge on any atom is -0.369 e. The molecule has 1 aromatic heterocycles. The summed E-state index contributed by atoms with van der Waals surface area (Å²) in [5.41, 5.74) is 0.621. The number of aromatic nitrogens is 1. The van der Waals surface area contributed by atoms with E-state index in [4.69, 9.17) is 4.74 Å². The normalized spacial score (nSPS) is 19.9. The van der Waals surface area contributed by atoms with Crippen molar-refractivity contribution in [3.8, 4) is 0 Å². The van der Waals surface area contributed by atoms with Crippen LogP contribution in [0.3, 0.4) is 0 Å². The van der Waals surface area contributed by atoms with Crippen molar-refractivity contribution in [3.05, 3.63) is 24.0 Å². The van der Waals surface area contributed by atoms with Crippen LogP contribution in [0.4, 0.5) is 0 Å². The summed E-state index contributed by atoms with van der Waals surface area (Å²) in [6, 6.07) is 3.57. The maximum Gasteiger partial charge on any atom is 0.204 e. The quantitative estimate of drug-likeness (QED) is 0.759. The molecule has 1 aromatic rings. The molecule has 0 spiro atoms. The lowest BCUT2D eigenvalue weighted by atomic mass is 10.3. The number of H-pyrrole nitrogens is 1. The van der Waals surface area contributed by atoms with E-state index in [0.717, 1.165) is 19.5 Å². The summed E-state index contributed by atoms with van der Waals surface area (Å²) in [6.07, 6.45) is 2.94. The predicted octanol–water partition coefficient (Wildman–Crippen LogP) is 0.998. The van der Waals surface area contributed by atoms with Crippen LogP contribution in [0.5, 0.6) is 0 Å². The fraction of sp³-hybridized carbons (Fsp3) is 0.500. The lowest BCUT2D eigenvalue weighted by Gasteiger charge is -2.08. The molecule has 0 aliphatic carbocycles. The molecule has 0 aromatic carbocycles. The van der Waals surface area contributed by atoms with Crippen molar-refractivity contribution in [1.29, 1.82) is 0 Å². The number of nitrogens with one attached hydrogen (secondary N) is 2. The molecule has 15 heavy (non-hydrogen) atoms. The Kier molecular flexibility index (Phi) is 4.81. The van der Waals surface area contributed by atoms with Gasteiger partial charge in [-0.3, -0.25) is 4.79 Å². The van der Waals surface area contributed by atoms with E-state index in [9.17, 15) is 4.79 Å². The molecule has 0 amide bonds. The molecular formula is C10H15ClN2O2. The van der Waals surface area contributed by atoms with Crippen LogP contribution in [-0.2, 0) is 4.74 Å². The van der Waals surface area contributed by atoms with Crippen LogP contribution in [-0.4, -0.2) is 36.6 Å². The second-order valence-corrected chi connectivity index (χ2v) is 3.43. The monoisotopic (exact) mass is 230 g/mol. The molecular weight excluding hydrogens is 216 g/mol. The molecule has 1 aliphatic rings. The summed E-state index contributed by atoms with van der Waals surface area (Å²) in [7, 11) is 0. The molecule has 0 saturated carbocycles. The Labute approximate surface area is 94.8 Å². The second kappa shape index (κ2) is 5.90. The van der Waals surface area contributed by atoms with Gasteiger partial charge in [-0.1, -0.05) is 0 Å². The van der Waals surface area contributed by atoms with Crippen LogP contribution in [0.25, 0.3) is 0 Å². The van der Waals surface area contributed by atoms with Gasteiger partial charge in [-0.25, -0.2) is 0 Å². The van der Waals surface area contributed by atoms with Crippen LogP contribution < -0.4 is 5.32 Å². The molecule has 0 bridgehead atoms. The zero-order chi connectivity index (χ0) is 9.80. The van der Waals surface area contributed by atoms with Gasteiger partial charge >= 0.3 is 0 Å². The summed E-state index contributed by atoms with van der Waals surface area (Å²) in [4.78, 5) is 14.4. The zero-order valence-corrected chi connectivity index (χ0v) is 9.18. The van der Waals surface area contributed by atoms with Crippen molar-refractivity contribution in [3.63, 3.8) is 0 Å². The molecule has 4 nitrogen and oxygen atoms in total. The molecule has 0 radical (unpaired) electrons. The first-order valence-electron chi connectivity index (χ1n) is 4.85. The number of hydrogen-bond donors (Lipinski definition) is 2. The lowest BCUT2D eigenvalue weighted by Crippen LogP contribution is -2.21. The SMILES string of the molecule is Cl.O=C(CO[C@@H]1CCNC1)c1ccc[nH]1. The van der Waals surface area contributed by atoms with E-state index < -0.39 is 0 Å². The van der Waals surface area contributed by atoms with Crippen molar-refractivity contribution < 1.29 is 9.53 Å². The molecule has 0 unspecified atom stereocenters. The van der Waals surface area contributed by atoms with Gasteiger partial charge in [0.15, 0.2) is 0 Å². The van der Waals surface area contributed by atoms with Crippen molar-refractivity contribution in [2.45, 2.75) is 12.5 Å². The van der Waals surface area contributed by atoms with E-state index in [0.29, 0.717) is 5.69 Å². The second-order valence-electron chi connectivity index (χ2n) is 3.43. The van der Waals surface area contributed by atoms with Crippen molar-refractivity contribution in [2.75, 3.05) is 19.7 Å². The third-order valence-electron chi connectivity index (χ3n) is 2.36.